The normalized spacial score (nSPS) is 27.0. The van der Waals surface area contributed by atoms with E-state index in [0.717, 1.165) is 6.42 Å². The van der Waals surface area contributed by atoms with Gasteiger partial charge < -0.3 is 10.4 Å². The number of anilines is 1. The highest BCUT2D eigenvalue weighted by atomic mass is 35.5. The fourth-order valence-electron chi connectivity index (χ4n) is 2.62. The molecule has 2 rings (SSSR count). The summed E-state index contributed by atoms with van der Waals surface area (Å²) in [5.74, 6) is 0.812. The monoisotopic (exact) mass is 282 g/mol. The van der Waals surface area contributed by atoms with Crippen molar-refractivity contribution in [3.63, 3.8) is 0 Å². The molecule has 0 spiro atoms. The van der Waals surface area contributed by atoms with Crippen molar-refractivity contribution in [2.45, 2.75) is 39.2 Å². The quantitative estimate of drug-likeness (QED) is 0.888. The molecule has 0 radical (unpaired) electrons. The number of hydrogen-bond donors (Lipinski definition) is 2. The van der Waals surface area contributed by atoms with Crippen LogP contribution in [0.25, 0.3) is 0 Å². The molecule has 104 valence electrons. The second-order valence-corrected chi connectivity index (χ2v) is 5.78. The molecular weight excluding hydrogens is 264 g/mol. The topological polar surface area (TPSA) is 62.2 Å². The average Bonchev–Trinajstić information content (AvgIpc) is 2.37. The first kappa shape index (κ1) is 14.1. The number of nitrogens with zero attached hydrogens (tertiary/aromatic N) is 1. The molecule has 1 fully saturated rings. The van der Waals surface area contributed by atoms with Crippen LogP contribution in [0.3, 0.4) is 0 Å². The van der Waals surface area contributed by atoms with Crippen LogP contribution in [0.4, 0.5) is 5.82 Å². The third kappa shape index (κ3) is 3.18. The van der Waals surface area contributed by atoms with Gasteiger partial charge in [0.25, 0.3) is 0 Å². The molecule has 0 aliphatic heterocycles. The van der Waals surface area contributed by atoms with Crippen molar-refractivity contribution in [2.75, 3.05) is 5.32 Å². The van der Waals surface area contributed by atoms with Crippen LogP contribution < -0.4 is 5.32 Å². The summed E-state index contributed by atoms with van der Waals surface area (Å²) in [6.45, 7) is 4.50. The van der Waals surface area contributed by atoms with Crippen molar-refractivity contribution in [3.05, 3.63) is 22.8 Å². The molecule has 0 amide bonds. The van der Waals surface area contributed by atoms with E-state index in [9.17, 15) is 4.79 Å². The van der Waals surface area contributed by atoms with E-state index in [4.69, 9.17) is 16.7 Å². The molecule has 4 nitrogen and oxygen atoms in total. The van der Waals surface area contributed by atoms with E-state index in [1.807, 2.05) is 0 Å². The second-order valence-electron chi connectivity index (χ2n) is 5.38. The SMILES string of the molecule is CC1CCCC(Nc2ncc(C(=O)O)cc2Cl)C1C. The smallest absolute Gasteiger partial charge is 0.337 e. The number of pyridine rings is 1. The first-order chi connectivity index (χ1) is 8.99. The minimum Gasteiger partial charge on any atom is -0.478 e. The number of carboxylic acid groups (broad SMARTS) is 1. The molecule has 0 aromatic carbocycles. The molecule has 5 heteroatoms. The van der Waals surface area contributed by atoms with Gasteiger partial charge in [-0.1, -0.05) is 38.3 Å². The Labute approximate surface area is 118 Å². The number of nitrogens with one attached hydrogen (secondary N) is 1. The summed E-state index contributed by atoms with van der Waals surface area (Å²) in [6.07, 6.45) is 4.91. The van der Waals surface area contributed by atoms with Gasteiger partial charge in [0.05, 0.1) is 10.6 Å². The Morgan fingerprint density at radius 3 is 2.84 bits per heavy atom. The number of aromatic nitrogens is 1. The van der Waals surface area contributed by atoms with Crippen molar-refractivity contribution >= 4 is 23.4 Å². The van der Waals surface area contributed by atoms with Crippen LogP contribution >= 0.6 is 11.6 Å². The Hall–Kier alpha value is -1.29. The zero-order chi connectivity index (χ0) is 14.0. The Balaban J connectivity index is 2.12. The second kappa shape index (κ2) is 5.78. The molecule has 3 atom stereocenters. The molecule has 1 aromatic rings. The van der Waals surface area contributed by atoms with Gasteiger partial charge in [-0.3, -0.25) is 0 Å². The molecule has 1 saturated carbocycles. The molecular formula is C14H19ClN2O2. The van der Waals surface area contributed by atoms with E-state index in [1.54, 1.807) is 0 Å². The summed E-state index contributed by atoms with van der Waals surface area (Å²) in [5.41, 5.74) is 0.112. The van der Waals surface area contributed by atoms with Gasteiger partial charge >= 0.3 is 5.97 Å². The zero-order valence-electron chi connectivity index (χ0n) is 11.2. The van der Waals surface area contributed by atoms with Crippen LogP contribution in [0.5, 0.6) is 0 Å². The van der Waals surface area contributed by atoms with E-state index in [-0.39, 0.29) is 5.56 Å². The highest BCUT2D eigenvalue weighted by molar-refractivity contribution is 6.33. The van der Waals surface area contributed by atoms with Gasteiger partial charge in [-0.05, 0) is 24.3 Å². The van der Waals surface area contributed by atoms with Gasteiger partial charge in [-0.25, -0.2) is 9.78 Å². The number of carbonyl (C=O) groups is 1. The minimum absolute atomic E-state index is 0.112. The molecule has 0 bridgehead atoms. The van der Waals surface area contributed by atoms with Crippen molar-refractivity contribution in [1.29, 1.82) is 0 Å². The standard InChI is InChI=1S/C14H19ClN2O2/c1-8-4-3-5-12(9(8)2)17-13-11(15)6-10(7-16-13)14(18)19/h6-9,12H,3-5H2,1-2H3,(H,16,17)(H,18,19). The van der Waals surface area contributed by atoms with Crippen LogP contribution in [-0.4, -0.2) is 22.1 Å². The minimum atomic E-state index is -1.01. The number of aromatic carboxylic acids is 1. The number of rotatable bonds is 3. The van der Waals surface area contributed by atoms with Crippen LogP contribution in [0, 0.1) is 11.8 Å². The molecule has 1 aromatic heterocycles. The highest BCUT2D eigenvalue weighted by Crippen LogP contribution is 2.32. The number of halogens is 1. The van der Waals surface area contributed by atoms with E-state index < -0.39 is 5.97 Å². The zero-order valence-corrected chi connectivity index (χ0v) is 11.9. The highest BCUT2D eigenvalue weighted by Gasteiger charge is 2.27. The van der Waals surface area contributed by atoms with E-state index >= 15 is 0 Å². The third-order valence-corrected chi connectivity index (χ3v) is 4.41. The molecule has 3 unspecified atom stereocenters. The van der Waals surface area contributed by atoms with Gasteiger partial charge in [0.1, 0.15) is 5.82 Å². The van der Waals surface area contributed by atoms with Crippen LogP contribution in [0.15, 0.2) is 12.3 Å². The van der Waals surface area contributed by atoms with E-state index in [0.29, 0.717) is 28.7 Å². The predicted molar refractivity (Wildman–Crippen MR) is 75.8 cm³/mol. The summed E-state index contributed by atoms with van der Waals surface area (Å²) >= 11 is 6.09. The maximum absolute atomic E-state index is 10.8. The fourth-order valence-corrected chi connectivity index (χ4v) is 2.84. The van der Waals surface area contributed by atoms with Crippen molar-refractivity contribution in [3.8, 4) is 0 Å². The summed E-state index contributed by atoms with van der Waals surface area (Å²) in [5, 5.41) is 12.6. The Morgan fingerprint density at radius 2 is 2.21 bits per heavy atom. The Bertz CT molecular complexity index is 479. The molecule has 2 N–H and O–H groups in total. The summed E-state index contributed by atoms with van der Waals surface area (Å²) in [4.78, 5) is 15.0. The summed E-state index contributed by atoms with van der Waals surface area (Å²) < 4.78 is 0. The van der Waals surface area contributed by atoms with Crippen molar-refractivity contribution in [2.24, 2.45) is 11.8 Å². The van der Waals surface area contributed by atoms with Crippen LogP contribution in [0.1, 0.15) is 43.5 Å². The molecule has 1 aliphatic rings. The Kier molecular flexibility index (Phi) is 4.30. The Morgan fingerprint density at radius 1 is 1.47 bits per heavy atom. The first-order valence-electron chi connectivity index (χ1n) is 6.64. The maximum Gasteiger partial charge on any atom is 0.337 e. The van der Waals surface area contributed by atoms with Gasteiger partial charge in [0.15, 0.2) is 0 Å². The van der Waals surface area contributed by atoms with Crippen LogP contribution in [-0.2, 0) is 0 Å². The maximum atomic E-state index is 10.8. The van der Waals surface area contributed by atoms with Crippen molar-refractivity contribution in [1.82, 2.24) is 4.98 Å². The molecule has 19 heavy (non-hydrogen) atoms. The number of carboxylic acids is 1. The van der Waals surface area contributed by atoms with Gasteiger partial charge in [0, 0.05) is 12.2 Å². The first-order valence-corrected chi connectivity index (χ1v) is 7.02. The number of hydrogen-bond acceptors (Lipinski definition) is 3. The van der Waals surface area contributed by atoms with Gasteiger partial charge in [-0.2, -0.15) is 0 Å². The molecule has 1 heterocycles. The lowest BCUT2D eigenvalue weighted by molar-refractivity contribution is 0.0696. The summed E-state index contributed by atoms with van der Waals surface area (Å²) in [7, 11) is 0. The van der Waals surface area contributed by atoms with Crippen molar-refractivity contribution < 1.29 is 9.90 Å². The lowest BCUT2D eigenvalue weighted by Crippen LogP contribution is -2.35. The fraction of sp³-hybridized carbons (Fsp3) is 0.571. The van der Waals surface area contributed by atoms with E-state index in [2.05, 4.69) is 24.1 Å². The molecule has 1 aliphatic carbocycles. The third-order valence-electron chi connectivity index (χ3n) is 4.12. The lowest BCUT2D eigenvalue weighted by atomic mass is 9.78. The lowest BCUT2D eigenvalue weighted by Gasteiger charge is -2.35. The summed E-state index contributed by atoms with van der Waals surface area (Å²) in [6, 6.07) is 1.79. The van der Waals surface area contributed by atoms with Gasteiger partial charge in [0.2, 0.25) is 0 Å². The van der Waals surface area contributed by atoms with Gasteiger partial charge in [-0.15, -0.1) is 0 Å². The molecule has 0 saturated heterocycles. The van der Waals surface area contributed by atoms with Crippen LogP contribution in [0.2, 0.25) is 5.02 Å². The average molecular weight is 283 g/mol. The van der Waals surface area contributed by atoms with E-state index in [1.165, 1.54) is 25.1 Å². The largest absolute Gasteiger partial charge is 0.478 e. The predicted octanol–water partition coefficient (Wildman–Crippen LogP) is 3.67.